The van der Waals surface area contributed by atoms with Gasteiger partial charge in [0.15, 0.2) is 0 Å². The Bertz CT molecular complexity index is 198. The van der Waals surface area contributed by atoms with Crippen molar-refractivity contribution in [3.8, 4) is 0 Å². The average Bonchev–Trinajstić information content (AvgIpc) is 1.97. The zero-order chi connectivity index (χ0) is 7.94. The summed E-state index contributed by atoms with van der Waals surface area (Å²) in [6, 6.07) is 0. The molecule has 4 heteroatoms. The summed E-state index contributed by atoms with van der Waals surface area (Å²) in [7, 11) is 0. The van der Waals surface area contributed by atoms with Gasteiger partial charge >= 0.3 is 5.97 Å². The lowest BCUT2D eigenvalue weighted by Gasteiger charge is -2.14. The van der Waals surface area contributed by atoms with Crippen LogP contribution in [0.15, 0.2) is 12.3 Å². The van der Waals surface area contributed by atoms with Gasteiger partial charge in [0, 0.05) is 0 Å². The van der Waals surface area contributed by atoms with Gasteiger partial charge in [0.1, 0.15) is 14.9 Å². The normalized spacial score (nSPS) is 40.1. The monoisotopic (exact) mass is 268 g/mol. The van der Waals surface area contributed by atoms with Gasteiger partial charge in [-0.3, -0.25) is 4.79 Å². The number of alkyl halides is 2. The standard InChI is InChI=1S/C6H6Br2O2/c1-3-6(2,8)4(7)5(9)10-3/h4H,1H2,2H3. The molecule has 1 heterocycles. The first-order valence-corrected chi connectivity index (χ1v) is 4.41. The fourth-order valence-electron chi connectivity index (χ4n) is 0.636. The summed E-state index contributed by atoms with van der Waals surface area (Å²) in [4.78, 5) is 10.5. The Kier molecular flexibility index (Phi) is 1.94. The van der Waals surface area contributed by atoms with Crippen LogP contribution in [0, 0.1) is 0 Å². The Morgan fingerprint density at radius 3 is 2.40 bits per heavy atom. The van der Waals surface area contributed by atoms with Crippen molar-refractivity contribution in [3.63, 3.8) is 0 Å². The van der Waals surface area contributed by atoms with Crippen LogP contribution in [0.25, 0.3) is 0 Å². The third kappa shape index (κ3) is 1.03. The first-order valence-electron chi connectivity index (χ1n) is 2.70. The number of hydrogen-bond acceptors (Lipinski definition) is 2. The molecule has 0 aromatic carbocycles. The van der Waals surface area contributed by atoms with Crippen molar-refractivity contribution >= 4 is 37.8 Å². The SMILES string of the molecule is C=C1OC(=O)C(Br)C1(C)Br. The van der Waals surface area contributed by atoms with Crippen LogP contribution in [0.1, 0.15) is 6.92 Å². The number of esters is 1. The second-order valence-corrected chi connectivity index (χ2v) is 4.85. The molecule has 0 amide bonds. The van der Waals surface area contributed by atoms with Gasteiger partial charge < -0.3 is 4.74 Å². The lowest BCUT2D eigenvalue weighted by Crippen LogP contribution is -2.26. The Morgan fingerprint density at radius 2 is 2.30 bits per heavy atom. The van der Waals surface area contributed by atoms with E-state index in [1.54, 1.807) is 0 Å². The van der Waals surface area contributed by atoms with Crippen molar-refractivity contribution in [2.24, 2.45) is 0 Å². The molecule has 2 atom stereocenters. The van der Waals surface area contributed by atoms with Crippen molar-refractivity contribution in [2.45, 2.75) is 16.1 Å². The van der Waals surface area contributed by atoms with E-state index in [-0.39, 0.29) is 10.8 Å². The van der Waals surface area contributed by atoms with Crippen LogP contribution < -0.4 is 0 Å². The second-order valence-electron chi connectivity index (χ2n) is 2.28. The Balaban J connectivity index is 2.96. The first kappa shape index (κ1) is 8.27. The summed E-state index contributed by atoms with van der Waals surface area (Å²) in [5.74, 6) is 0.170. The number of ether oxygens (including phenoxy) is 1. The number of halogens is 2. The molecule has 1 saturated heterocycles. The van der Waals surface area contributed by atoms with Crippen LogP contribution in [-0.2, 0) is 9.53 Å². The third-order valence-electron chi connectivity index (χ3n) is 1.45. The maximum absolute atomic E-state index is 10.8. The number of carbonyl (C=O) groups is 1. The summed E-state index contributed by atoms with van der Waals surface area (Å²) >= 11 is 6.50. The summed E-state index contributed by atoms with van der Waals surface area (Å²) < 4.78 is 4.31. The fourth-order valence-corrected chi connectivity index (χ4v) is 1.25. The van der Waals surface area contributed by atoms with E-state index in [9.17, 15) is 4.79 Å². The lowest BCUT2D eigenvalue weighted by molar-refractivity contribution is -0.134. The molecule has 0 spiro atoms. The average molecular weight is 270 g/mol. The van der Waals surface area contributed by atoms with E-state index < -0.39 is 4.32 Å². The van der Waals surface area contributed by atoms with E-state index in [0.717, 1.165) is 0 Å². The predicted octanol–water partition coefficient (Wildman–Crippen LogP) is 1.97. The molecule has 1 aliphatic rings. The number of carbonyl (C=O) groups excluding carboxylic acids is 1. The van der Waals surface area contributed by atoms with E-state index in [1.807, 2.05) is 6.92 Å². The molecule has 56 valence electrons. The minimum absolute atomic E-state index is 0.288. The number of cyclic esters (lactones) is 1. The van der Waals surface area contributed by atoms with Crippen molar-refractivity contribution in [3.05, 3.63) is 12.3 Å². The highest BCUT2D eigenvalue weighted by atomic mass is 79.9. The summed E-state index contributed by atoms with van der Waals surface area (Å²) in [6.07, 6.45) is 0. The Morgan fingerprint density at radius 1 is 1.80 bits per heavy atom. The number of rotatable bonds is 0. The topological polar surface area (TPSA) is 26.3 Å². The molecule has 0 N–H and O–H groups in total. The molecule has 0 radical (unpaired) electrons. The Hall–Kier alpha value is 0.170. The molecule has 2 nitrogen and oxygen atoms in total. The molecule has 0 aromatic heterocycles. The van der Waals surface area contributed by atoms with Crippen LogP contribution in [0.5, 0.6) is 0 Å². The van der Waals surface area contributed by atoms with Gasteiger partial charge in [-0.05, 0) is 6.92 Å². The number of hydrogen-bond donors (Lipinski definition) is 0. The van der Waals surface area contributed by atoms with Crippen molar-refractivity contribution in [1.29, 1.82) is 0 Å². The largest absolute Gasteiger partial charge is 0.429 e. The van der Waals surface area contributed by atoms with E-state index >= 15 is 0 Å². The summed E-state index contributed by atoms with van der Waals surface area (Å²) in [6.45, 7) is 5.42. The van der Waals surface area contributed by atoms with Crippen molar-refractivity contribution in [1.82, 2.24) is 0 Å². The second kappa shape index (κ2) is 2.34. The maximum atomic E-state index is 10.8. The van der Waals surface area contributed by atoms with Gasteiger partial charge in [-0.2, -0.15) is 0 Å². The van der Waals surface area contributed by atoms with Gasteiger partial charge in [0.25, 0.3) is 0 Å². The molecule has 1 fully saturated rings. The van der Waals surface area contributed by atoms with Crippen LogP contribution in [0.2, 0.25) is 0 Å². The molecule has 0 aliphatic carbocycles. The van der Waals surface area contributed by atoms with Gasteiger partial charge in [0.2, 0.25) is 0 Å². The first-order chi connectivity index (χ1) is 4.46. The van der Waals surface area contributed by atoms with Crippen molar-refractivity contribution in [2.75, 3.05) is 0 Å². The van der Waals surface area contributed by atoms with E-state index in [4.69, 9.17) is 4.74 Å². The summed E-state index contributed by atoms with van der Waals surface area (Å²) in [5.41, 5.74) is 0. The van der Waals surface area contributed by atoms with E-state index in [2.05, 4.69) is 38.4 Å². The van der Waals surface area contributed by atoms with Gasteiger partial charge in [0.05, 0.1) is 0 Å². The highest BCUT2D eigenvalue weighted by Crippen LogP contribution is 2.41. The fraction of sp³-hybridized carbons (Fsp3) is 0.500. The van der Waals surface area contributed by atoms with Gasteiger partial charge in [-0.15, -0.1) is 0 Å². The highest BCUT2D eigenvalue weighted by Gasteiger charge is 2.47. The molecule has 0 aromatic rings. The Labute approximate surface area is 75.9 Å². The smallest absolute Gasteiger partial charge is 0.326 e. The van der Waals surface area contributed by atoms with E-state index in [0.29, 0.717) is 5.76 Å². The van der Waals surface area contributed by atoms with E-state index in [1.165, 1.54) is 0 Å². The molecular weight excluding hydrogens is 264 g/mol. The molecule has 2 unspecified atom stereocenters. The zero-order valence-electron chi connectivity index (χ0n) is 5.36. The quantitative estimate of drug-likeness (QED) is 0.497. The molecule has 0 saturated carbocycles. The van der Waals surface area contributed by atoms with Gasteiger partial charge in [-0.25, -0.2) is 0 Å². The van der Waals surface area contributed by atoms with Crippen LogP contribution in [0.4, 0.5) is 0 Å². The minimum Gasteiger partial charge on any atom is -0.429 e. The highest BCUT2D eigenvalue weighted by molar-refractivity contribution is 9.13. The molecule has 0 bridgehead atoms. The number of allylic oxidation sites excluding steroid dienone is 1. The van der Waals surface area contributed by atoms with Crippen LogP contribution in [-0.4, -0.2) is 15.1 Å². The zero-order valence-corrected chi connectivity index (χ0v) is 8.53. The van der Waals surface area contributed by atoms with Crippen LogP contribution in [0.3, 0.4) is 0 Å². The molecular formula is C6H6Br2O2. The third-order valence-corrected chi connectivity index (χ3v) is 4.26. The summed E-state index contributed by atoms with van der Waals surface area (Å²) in [5, 5.41) is 0. The lowest BCUT2D eigenvalue weighted by atomic mass is 10.1. The minimum atomic E-state index is -0.454. The molecule has 1 rings (SSSR count). The predicted molar refractivity (Wildman–Crippen MR) is 45.3 cm³/mol. The molecule has 1 aliphatic heterocycles. The maximum Gasteiger partial charge on any atom is 0.326 e. The van der Waals surface area contributed by atoms with Crippen molar-refractivity contribution < 1.29 is 9.53 Å². The van der Waals surface area contributed by atoms with Crippen LogP contribution >= 0.6 is 31.9 Å². The van der Waals surface area contributed by atoms with Gasteiger partial charge in [-0.1, -0.05) is 38.4 Å². The molecule has 10 heavy (non-hydrogen) atoms.